The number of hydrogen-bond donors (Lipinski definition) is 0. The van der Waals surface area contributed by atoms with Crippen LogP contribution in [0.4, 0.5) is 0 Å². The number of benzene rings is 1. The van der Waals surface area contributed by atoms with Crippen LogP contribution in [0.2, 0.25) is 0 Å². The minimum atomic E-state index is 0.0610. The number of pyridine rings is 1. The molecule has 1 fully saturated rings. The Balaban J connectivity index is 1.44. The molecule has 0 aliphatic carbocycles. The van der Waals surface area contributed by atoms with E-state index in [-0.39, 0.29) is 11.8 Å². The molecule has 1 saturated heterocycles. The summed E-state index contributed by atoms with van der Waals surface area (Å²) < 4.78 is 5.26. The highest BCUT2D eigenvalue weighted by atomic mass is 16.5. The molecular weight excluding hydrogens is 362 g/mol. The number of hydrogen-bond acceptors (Lipinski definition) is 4. The zero-order valence-corrected chi connectivity index (χ0v) is 16.8. The highest BCUT2D eigenvalue weighted by Crippen LogP contribution is 2.30. The third-order valence-electron chi connectivity index (χ3n) is 5.48. The minimum absolute atomic E-state index is 0.0610. The number of rotatable bonds is 4. The van der Waals surface area contributed by atoms with E-state index in [9.17, 15) is 4.79 Å². The average molecular weight is 387 g/mol. The van der Waals surface area contributed by atoms with Crippen LogP contribution < -0.4 is 0 Å². The summed E-state index contributed by atoms with van der Waals surface area (Å²) in [5.41, 5.74) is 4.96. The van der Waals surface area contributed by atoms with E-state index in [0.29, 0.717) is 6.54 Å². The topological polar surface area (TPSA) is 59.2 Å². The summed E-state index contributed by atoms with van der Waals surface area (Å²) in [5, 5.41) is 4.02. The van der Waals surface area contributed by atoms with Crippen molar-refractivity contribution in [3.63, 3.8) is 0 Å². The molecule has 3 aromatic rings. The fourth-order valence-electron chi connectivity index (χ4n) is 3.95. The molecule has 1 atom stereocenters. The molecule has 1 aromatic carbocycles. The van der Waals surface area contributed by atoms with Crippen LogP contribution in [-0.2, 0) is 4.79 Å². The normalized spacial score (nSPS) is 17.0. The van der Waals surface area contributed by atoms with E-state index in [4.69, 9.17) is 9.51 Å². The molecule has 148 valence electrons. The highest BCUT2D eigenvalue weighted by Gasteiger charge is 2.24. The summed E-state index contributed by atoms with van der Waals surface area (Å²) in [6.07, 6.45) is 7.47. The van der Waals surface area contributed by atoms with Gasteiger partial charge in [0.05, 0.1) is 5.69 Å². The molecule has 5 heteroatoms. The average Bonchev–Trinajstić information content (AvgIpc) is 3.11. The summed E-state index contributed by atoms with van der Waals surface area (Å²) in [4.78, 5) is 19.3. The quantitative estimate of drug-likeness (QED) is 0.605. The Morgan fingerprint density at radius 1 is 1.17 bits per heavy atom. The number of likely N-dealkylation sites (tertiary alicyclic amines) is 1. The van der Waals surface area contributed by atoms with Crippen molar-refractivity contribution >= 4 is 12.0 Å². The van der Waals surface area contributed by atoms with E-state index in [1.54, 1.807) is 6.08 Å². The van der Waals surface area contributed by atoms with Crippen molar-refractivity contribution in [3.05, 3.63) is 77.4 Å². The second-order valence-electron chi connectivity index (χ2n) is 7.54. The van der Waals surface area contributed by atoms with Gasteiger partial charge in [-0.25, -0.2) is 0 Å². The Bertz CT molecular complexity index is 987. The number of amides is 1. The van der Waals surface area contributed by atoms with Gasteiger partial charge in [0.25, 0.3) is 0 Å². The van der Waals surface area contributed by atoms with Crippen molar-refractivity contribution < 1.29 is 9.32 Å². The SMILES string of the molecule is Cc1noc(C)c1-c1ccc([C@H]2CCCN(C(=O)/C=C/c3ccccc3)C2)nc1. The van der Waals surface area contributed by atoms with E-state index >= 15 is 0 Å². The summed E-state index contributed by atoms with van der Waals surface area (Å²) in [5.74, 6) is 1.12. The lowest BCUT2D eigenvalue weighted by Crippen LogP contribution is -2.38. The van der Waals surface area contributed by atoms with Gasteiger partial charge < -0.3 is 9.42 Å². The highest BCUT2D eigenvalue weighted by molar-refractivity contribution is 5.91. The lowest BCUT2D eigenvalue weighted by Gasteiger charge is -2.32. The number of piperidine rings is 1. The molecule has 0 spiro atoms. The molecule has 29 heavy (non-hydrogen) atoms. The first-order valence-corrected chi connectivity index (χ1v) is 10.0. The predicted octanol–water partition coefficient (Wildman–Crippen LogP) is 4.77. The second kappa shape index (κ2) is 8.43. The summed E-state index contributed by atoms with van der Waals surface area (Å²) in [7, 11) is 0. The minimum Gasteiger partial charge on any atom is -0.361 e. The van der Waals surface area contributed by atoms with Crippen molar-refractivity contribution in [2.75, 3.05) is 13.1 Å². The summed E-state index contributed by atoms with van der Waals surface area (Å²) >= 11 is 0. The van der Waals surface area contributed by atoms with Crippen LogP contribution >= 0.6 is 0 Å². The van der Waals surface area contributed by atoms with Gasteiger partial charge in [0.2, 0.25) is 5.91 Å². The van der Waals surface area contributed by atoms with Gasteiger partial charge in [-0.15, -0.1) is 0 Å². The summed E-state index contributed by atoms with van der Waals surface area (Å²) in [6, 6.07) is 14.0. The first kappa shape index (κ1) is 19.1. The lowest BCUT2D eigenvalue weighted by molar-refractivity contribution is -0.127. The zero-order chi connectivity index (χ0) is 20.2. The number of nitrogens with zero attached hydrogens (tertiary/aromatic N) is 3. The van der Waals surface area contributed by atoms with Gasteiger partial charge in [-0.05, 0) is 44.4 Å². The van der Waals surface area contributed by atoms with Crippen molar-refractivity contribution in [2.45, 2.75) is 32.6 Å². The van der Waals surface area contributed by atoms with E-state index < -0.39 is 0 Å². The molecule has 1 amide bonds. The third kappa shape index (κ3) is 4.29. The maximum absolute atomic E-state index is 12.6. The Labute approximate surface area is 171 Å². The first-order valence-electron chi connectivity index (χ1n) is 10.0. The number of carbonyl (C=O) groups is 1. The molecule has 5 nitrogen and oxygen atoms in total. The first-order chi connectivity index (χ1) is 14.1. The fraction of sp³-hybridized carbons (Fsp3) is 0.292. The fourth-order valence-corrected chi connectivity index (χ4v) is 3.95. The van der Waals surface area contributed by atoms with Gasteiger partial charge in [0.1, 0.15) is 5.76 Å². The van der Waals surface area contributed by atoms with Gasteiger partial charge >= 0.3 is 0 Å². The molecule has 1 aliphatic rings. The molecule has 3 heterocycles. The van der Waals surface area contributed by atoms with Crippen LogP contribution in [0.3, 0.4) is 0 Å². The van der Waals surface area contributed by atoms with Gasteiger partial charge in [0.15, 0.2) is 0 Å². The Hall–Kier alpha value is -3.21. The molecule has 0 N–H and O–H groups in total. The van der Waals surface area contributed by atoms with E-state index in [2.05, 4.69) is 17.3 Å². The van der Waals surface area contributed by atoms with Crippen molar-refractivity contribution in [1.29, 1.82) is 0 Å². The Morgan fingerprint density at radius 2 is 2.00 bits per heavy atom. The van der Waals surface area contributed by atoms with Gasteiger partial charge in [-0.3, -0.25) is 9.78 Å². The van der Waals surface area contributed by atoms with E-state index in [0.717, 1.165) is 53.2 Å². The van der Waals surface area contributed by atoms with Crippen LogP contribution in [0.25, 0.3) is 17.2 Å². The van der Waals surface area contributed by atoms with Crippen LogP contribution in [0.1, 0.15) is 41.5 Å². The maximum atomic E-state index is 12.6. The van der Waals surface area contributed by atoms with Crippen molar-refractivity contribution in [3.8, 4) is 11.1 Å². The van der Waals surface area contributed by atoms with E-state index in [1.807, 2.05) is 61.4 Å². The van der Waals surface area contributed by atoms with Crippen molar-refractivity contribution in [1.82, 2.24) is 15.0 Å². The number of carbonyl (C=O) groups excluding carboxylic acids is 1. The molecule has 0 radical (unpaired) electrons. The van der Waals surface area contributed by atoms with Gasteiger partial charge in [0, 0.05) is 48.1 Å². The molecule has 0 bridgehead atoms. The Kier molecular flexibility index (Phi) is 5.56. The van der Waals surface area contributed by atoms with Crippen LogP contribution in [0.5, 0.6) is 0 Å². The largest absolute Gasteiger partial charge is 0.361 e. The molecule has 4 rings (SSSR count). The molecular formula is C24H25N3O2. The predicted molar refractivity (Wildman–Crippen MR) is 113 cm³/mol. The smallest absolute Gasteiger partial charge is 0.246 e. The molecule has 2 aromatic heterocycles. The van der Waals surface area contributed by atoms with E-state index in [1.165, 1.54) is 0 Å². The van der Waals surface area contributed by atoms with Gasteiger partial charge in [-0.2, -0.15) is 0 Å². The lowest BCUT2D eigenvalue weighted by atomic mass is 9.93. The van der Waals surface area contributed by atoms with Crippen LogP contribution in [0.15, 0.2) is 59.3 Å². The van der Waals surface area contributed by atoms with Gasteiger partial charge in [-0.1, -0.05) is 41.6 Å². The Morgan fingerprint density at radius 3 is 2.69 bits per heavy atom. The van der Waals surface area contributed by atoms with Crippen LogP contribution in [0, 0.1) is 13.8 Å². The molecule has 0 saturated carbocycles. The zero-order valence-electron chi connectivity index (χ0n) is 16.8. The molecule has 1 aliphatic heterocycles. The van der Waals surface area contributed by atoms with Crippen LogP contribution in [-0.4, -0.2) is 34.0 Å². The number of aromatic nitrogens is 2. The maximum Gasteiger partial charge on any atom is 0.246 e. The molecule has 0 unspecified atom stereocenters. The summed E-state index contributed by atoms with van der Waals surface area (Å²) in [6.45, 7) is 5.35. The second-order valence-corrected chi connectivity index (χ2v) is 7.54. The monoisotopic (exact) mass is 387 g/mol. The van der Waals surface area contributed by atoms with Crippen molar-refractivity contribution in [2.24, 2.45) is 0 Å². The number of aryl methyl sites for hydroxylation is 2. The third-order valence-corrected chi connectivity index (χ3v) is 5.48. The standard InChI is InChI=1S/C24H25N3O2/c1-17-24(18(2)29-26-17)20-11-12-22(25-15-20)21-9-6-14-27(16-21)23(28)13-10-19-7-4-3-5-8-19/h3-5,7-8,10-13,15,21H,6,9,14,16H2,1-2H3/b13-10+/t21-/m0/s1.